The van der Waals surface area contributed by atoms with Crippen molar-refractivity contribution in [3.63, 3.8) is 0 Å². The molecule has 0 aliphatic carbocycles. The van der Waals surface area contributed by atoms with Crippen LogP contribution in [0, 0.1) is 5.92 Å². The average Bonchev–Trinajstić information content (AvgIpc) is 2.25. The van der Waals surface area contributed by atoms with E-state index in [1.165, 1.54) is 0 Å². The van der Waals surface area contributed by atoms with Crippen LogP contribution >= 0.6 is 0 Å². The predicted molar refractivity (Wildman–Crippen MR) is 62.8 cm³/mol. The van der Waals surface area contributed by atoms with Gasteiger partial charge in [0.15, 0.2) is 0 Å². The quantitative estimate of drug-likeness (QED) is 0.398. The molecule has 1 rings (SSSR count). The summed E-state index contributed by atoms with van der Waals surface area (Å²) in [6, 6.07) is -0.948. The Morgan fingerprint density at radius 2 is 2.11 bits per heavy atom. The summed E-state index contributed by atoms with van der Waals surface area (Å²) < 4.78 is 5.09. The molecule has 0 saturated carbocycles. The van der Waals surface area contributed by atoms with E-state index in [1.807, 2.05) is 6.92 Å². The van der Waals surface area contributed by atoms with Crippen molar-refractivity contribution in [2.75, 3.05) is 0 Å². The van der Waals surface area contributed by atoms with Gasteiger partial charge in [-0.05, 0) is 13.3 Å². The van der Waals surface area contributed by atoms with E-state index in [0.29, 0.717) is 6.42 Å². The first kappa shape index (κ1) is 14.5. The average molecular weight is 257 g/mol. The van der Waals surface area contributed by atoms with Crippen molar-refractivity contribution >= 4 is 17.8 Å². The van der Waals surface area contributed by atoms with Gasteiger partial charge < -0.3 is 15.2 Å². The number of ether oxygens (including phenoxy) is 1. The Hall–Kier alpha value is -1.59. The summed E-state index contributed by atoms with van der Waals surface area (Å²) in [4.78, 5) is 33.5. The summed E-state index contributed by atoms with van der Waals surface area (Å²) >= 11 is 0. The number of carboxylic acids is 1. The van der Waals surface area contributed by atoms with Gasteiger partial charge >= 0.3 is 11.9 Å². The second-order valence-corrected chi connectivity index (χ2v) is 4.50. The first-order valence-corrected chi connectivity index (χ1v) is 6.20. The van der Waals surface area contributed by atoms with Crippen LogP contribution in [0.2, 0.25) is 0 Å². The molecule has 0 aromatic heterocycles. The normalized spacial score (nSPS) is 23.8. The minimum Gasteiger partial charge on any atom is -0.480 e. The van der Waals surface area contributed by atoms with Crippen LogP contribution in [0.1, 0.15) is 39.5 Å². The summed E-state index contributed by atoms with van der Waals surface area (Å²) in [5, 5.41) is 11.1. The van der Waals surface area contributed by atoms with Crippen LogP contribution in [0.3, 0.4) is 0 Å². The number of amides is 1. The molecule has 0 aromatic rings. The number of carbonyl (C=O) groups excluding carboxylic acids is 2. The molecule has 1 heterocycles. The molecule has 18 heavy (non-hydrogen) atoms. The molecule has 1 fully saturated rings. The second-order valence-electron chi connectivity index (χ2n) is 4.50. The zero-order chi connectivity index (χ0) is 13.7. The van der Waals surface area contributed by atoms with Crippen LogP contribution in [-0.2, 0) is 19.1 Å². The number of aliphatic carboxylic acids is 1. The van der Waals surface area contributed by atoms with Crippen LogP contribution in [0.4, 0.5) is 0 Å². The molecule has 102 valence electrons. The van der Waals surface area contributed by atoms with Crippen molar-refractivity contribution in [1.82, 2.24) is 5.32 Å². The minimum absolute atomic E-state index is 0.310. The Labute approximate surface area is 106 Å². The number of nitrogens with one attached hydrogen (secondary N) is 1. The first-order valence-electron chi connectivity index (χ1n) is 6.20. The third kappa shape index (κ3) is 3.45. The lowest BCUT2D eigenvalue weighted by atomic mass is 9.86. The molecule has 0 bridgehead atoms. The summed E-state index contributed by atoms with van der Waals surface area (Å²) in [6.07, 6.45) is 2.32. The minimum atomic E-state index is -1.10. The van der Waals surface area contributed by atoms with Crippen LogP contribution in [0.15, 0.2) is 0 Å². The molecule has 0 unspecified atom stereocenters. The standard InChI is InChI=1S/C12H19NO5/c1-3-4-5-6-8(14)18-7(2)9-10(12(16)17)13-11(9)15/h7,9-10H,3-6H2,1-2H3,(H,13,15)(H,16,17)/t7-,9-,10+/m1/s1. The van der Waals surface area contributed by atoms with Crippen molar-refractivity contribution in [2.24, 2.45) is 5.92 Å². The maximum absolute atomic E-state index is 11.5. The Balaban J connectivity index is 2.39. The highest BCUT2D eigenvalue weighted by Crippen LogP contribution is 2.22. The topological polar surface area (TPSA) is 92.7 Å². The zero-order valence-corrected chi connectivity index (χ0v) is 10.6. The molecular weight excluding hydrogens is 238 g/mol. The SMILES string of the molecule is CCCCCC(=O)O[C@H](C)[C@H]1C(=O)N[C@@H]1C(=O)O. The maximum Gasteiger partial charge on any atom is 0.327 e. The van der Waals surface area contributed by atoms with Crippen molar-refractivity contribution < 1.29 is 24.2 Å². The number of esters is 1. The molecule has 6 heteroatoms. The monoisotopic (exact) mass is 257 g/mol. The second kappa shape index (κ2) is 6.37. The van der Waals surface area contributed by atoms with E-state index in [1.54, 1.807) is 6.92 Å². The highest BCUT2D eigenvalue weighted by molar-refractivity contribution is 5.97. The number of unbranched alkanes of at least 4 members (excludes halogenated alkanes) is 2. The van der Waals surface area contributed by atoms with Gasteiger partial charge in [-0.2, -0.15) is 0 Å². The summed E-state index contributed by atoms with van der Waals surface area (Å²) in [5.74, 6) is -2.64. The summed E-state index contributed by atoms with van der Waals surface area (Å²) in [6.45, 7) is 3.58. The third-order valence-electron chi connectivity index (χ3n) is 3.03. The van der Waals surface area contributed by atoms with Crippen LogP contribution in [-0.4, -0.2) is 35.1 Å². The van der Waals surface area contributed by atoms with Crippen molar-refractivity contribution in [3.05, 3.63) is 0 Å². The van der Waals surface area contributed by atoms with E-state index in [2.05, 4.69) is 5.32 Å². The molecule has 2 N–H and O–H groups in total. The van der Waals surface area contributed by atoms with Gasteiger partial charge in [0.1, 0.15) is 18.1 Å². The van der Waals surface area contributed by atoms with Gasteiger partial charge in [-0.15, -0.1) is 0 Å². The Kier molecular flexibility index (Phi) is 5.12. The lowest BCUT2D eigenvalue weighted by Crippen LogP contribution is -2.65. The number of hydrogen-bond donors (Lipinski definition) is 2. The molecular formula is C12H19NO5. The molecule has 3 atom stereocenters. The molecule has 6 nitrogen and oxygen atoms in total. The van der Waals surface area contributed by atoms with Gasteiger partial charge in [0.2, 0.25) is 5.91 Å². The molecule has 0 aromatic carbocycles. The first-order chi connectivity index (χ1) is 8.47. The number of hydrogen-bond acceptors (Lipinski definition) is 4. The fraction of sp³-hybridized carbons (Fsp3) is 0.750. The zero-order valence-electron chi connectivity index (χ0n) is 10.6. The van der Waals surface area contributed by atoms with E-state index in [0.717, 1.165) is 19.3 Å². The highest BCUT2D eigenvalue weighted by Gasteiger charge is 2.48. The largest absolute Gasteiger partial charge is 0.480 e. The van der Waals surface area contributed by atoms with Crippen molar-refractivity contribution in [2.45, 2.75) is 51.7 Å². The summed E-state index contributed by atoms with van der Waals surface area (Å²) in [7, 11) is 0. The van der Waals surface area contributed by atoms with Gasteiger partial charge in [-0.3, -0.25) is 9.59 Å². The van der Waals surface area contributed by atoms with Crippen LogP contribution < -0.4 is 5.32 Å². The van der Waals surface area contributed by atoms with Crippen molar-refractivity contribution in [3.8, 4) is 0 Å². The van der Waals surface area contributed by atoms with Gasteiger partial charge in [0.25, 0.3) is 0 Å². The van der Waals surface area contributed by atoms with Gasteiger partial charge in [-0.25, -0.2) is 4.79 Å². The Morgan fingerprint density at radius 3 is 2.61 bits per heavy atom. The van der Waals surface area contributed by atoms with Crippen LogP contribution in [0.5, 0.6) is 0 Å². The third-order valence-corrected chi connectivity index (χ3v) is 3.03. The van der Waals surface area contributed by atoms with Gasteiger partial charge in [-0.1, -0.05) is 19.8 Å². The fourth-order valence-corrected chi connectivity index (χ4v) is 1.95. The number of carbonyl (C=O) groups is 3. The molecule has 0 radical (unpaired) electrons. The molecule has 0 spiro atoms. The van der Waals surface area contributed by atoms with Gasteiger partial charge in [0, 0.05) is 6.42 Å². The van der Waals surface area contributed by atoms with Crippen molar-refractivity contribution in [1.29, 1.82) is 0 Å². The number of β-lactam (4-membered cyclic amide) rings is 1. The molecule has 1 aliphatic rings. The van der Waals surface area contributed by atoms with Crippen LogP contribution in [0.25, 0.3) is 0 Å². The van der Waals surface area contributed by atoms with E-state index >= 15 is 0 Å². The number of carboxylic acid groups (broad SMARTS) is 1. The fourth-order valence-electron chi connectivity index (χ4n) is 1.95. The molecule has 1 aliphatic heterocycles. The smallest absolute Gasteiger partial charge is 0.327 e. The maximum atomic E-state index is 11.5. The number of rotatable bonds is 7. The van der Waals surface area contributed by atoms with E-state index in [-0.39, 0.29) is 11.9 Å². The van der Waals surface area contributed by atoms with E-state index < -0.39 is 24.0 Å². The Bertz CT molecular complexity index is 341. The van der Waals surface area contributed by atoms with Gasteiger partial charge in [0.05, 0.1) is 0 Å². The molecule has 1 amide bonds. The lowest BCUT2D eigenvalue weighted by molar-refractivity contribution is -0.166. The van der Waals surface area contributed by atoms with E-state index in [4.69, 9.17) is 9.84 Å². The highest BCUT2D eigenvalue weighted by atomic mass is 16.5. The molecule has 1 saturated heterocycles. The predicted octanol–water partition coefficient (Wildman–Crippen LogP) is 0.698. The summed E-state index contributed by atoms with van der Waals surface area (Å²) in [5.41, 5.74) is 0. The Morgan fingerprint density at radius 1 is 1.44 bits per heavy atom. The van der Waals surface area contributed by atoms with E-state index in [9.17, 15) is 14.4 Å². The lowest BCUT2D eigenvalue weighted by Gasteiger charge is -2.36.